The summed E-state index contributed by atoms with van der Waals surface area (Å²) in [5.74, 6) is 0.863. The van der Waals surface area contributed by atoms with E-state index in [-0.39, 0.29) is 24.7 Å². The van der Waals surface area contributed by atoms with Gasteiger partial charge in [-0.25, -0.2) is 0 Å². The van der Waals surface area contributed by atoms with Crippen molar-refractivity contribution in [3.63, 3.8) is 0 Å². The average Bonchev–Trinajstić information content (AvgIpc) is 2.70. The van der Waals surface area contributed by atoms with Crippen molar-refractivity contribution in [1.29, 1.82) is 0 Å². The number of esters is 1. The van der Waals surface area contributed by atoms with E-state index in [1.165, 1.54) is 6.07 Å². The maximum atomic E-state index is 12.0. The quantitative estimate of drug-likeness (QED) is 0.285. The summed E-state index contributed by atoms with van der Waals surface area (Å²) < 4.78 is 15.8. The van der Waals surface area contributed by atoms with E-state index in [1.807, 2.05) is 13.0 Å². The van der Waals surface area contributed by atoms with Crippen LogP contribution in [0.3, 0.4) is 0 Å². The van der Waals surface area contributed by atoms with Crippen LogP contribution in [-0.4, -0.2) is 31.7 Å². The first-order chi connectivity index (χ1) is 13.5. The molecule has 0 aliphatic carbocycles. The fraction of sp³-hybridized carbons (Fsp3) is 0.350. The topological polar surface area (TPSA) is 99.9 Å². The van der Waals surface area contributed by atoms with Crippen molar-refractivity contribution < 1.29 is 23.9 Å². The smallest absolute Gasteiger partial charge is 0.306 e. The molecule has 0 saturated carbocycles. The van der Waals surface area contributed by atoms with Gasteiger partial charge in [0.25, 0.3) is 5.69 Å². The third-order valence-corrected chi connectivity index (χ3v) is 4.20. The summed E-state index contributed by atoms with van der Waals surface area (Å²) in [4.78, 5) is 22.5. The largest absolute Gasteiger partial charge is 0.493 e. The highest BCUT2D eigenvalue weighted by molar-refractivity contribution is 5.69. The van der Waals surface area contributed by atoms with Crippen molar-refractivity contribution in [2.24, 2.45) is 0 Å². The first kappa shape index (κ1) is 21.0. The Kier molecular flexibility index (Phi) is 7.62. The molecule has 2 rings (SSSR count). The van der Waals surface area contributed by atoms with Crippen molar-refractivity contribution >= 4 is 17.3 Å². The molecule has 8 heteroatoms. The van der Waals surface area contributed by atoms with Gasteiger partial charge in [-0.3, -0.25) is 14.9 Å². The van der Waals surface area contributed by atoms with Gasteiger partial charge in [0.2, 0.25) is 0 Å². The SMILES string of the molecule is COc1cc(C)c(COC(=O)CCCNc2ccccc2[N+](=O)[O-])cc1OC. The molecule has 28 heavy (non-hydrogen) atoms. The van der Waals surface area contributed by atoms with Gasteiger partial charge in [0.15, 0.2) is 11.5 Å². The van der Waals surface area contributed by atoms with Crippen LogP contribution in [0.4, 0.5) is 11.4 Å². The van der Waals surface area contributed by atoms with Crippen molar-refractivity contribution in [3.05, 3.63) is 57.6 Å². The van der Waals surface area contributed by atoms with Gasteiger partial charge in [-0.15, -0.1) is 0 Å². The Bertz CT molecular complexity index is 837. The monoisotopic (exact) mass is 388 g/mol. The number of rotatable bonds is 10. The van der Waals surface area contributed by atoms with E-state index in [0.29, 0.717) is 30.2 Å². The van der Waals surface area contributed by atoms with Gasteiger partial charge < -0.3 is 19.5 Å². The minimum Gasteiger partial charge on any atom is -0.493 e. The Labute approximate surface area is 163 Å². The molecule has 0 radical (unpaired) electrons. The Morgan fingerprint density at radius 2 is 1.82 bits per heavy atom. The second-order valence-corrected chi connectivity index (χ2v) is 6.10. The number of nitro benzene ring substituents is 1. The van der Waals surface area contributed by atoms with Gasteiger partial charge in [0, 0.05) is 19.0 Å². The Morgan fingerprint density at radius 3 is 2.50 bits per heavy atom. The summed E-state index contributed by atoms with van der Waals surface area (Å²) in [6, 6.07) is 10.0. The number of anilines is 1. The Balaban J connectivity index is 1.80. The van der Waals surface area contributed by atoms with Crippen LogP contribution in [0.25, 0.3) is 0 Å². The summed E-state index contributed by atoms with van der Waals surface area (Å²) in [6.07, 6.45) is 0.704. The molecule has 2 aromatic carbocycles. The molecule has 0 saturated heterocycles. The van der Waals surface area contributed by atoms with Crippen LogP contribution >= 0.6 is 0 Å². The number of hydrogen-bond acceptors (Lipinski definition) is 7. The fourth-order valence-corrected chi connectivity index (χ4v) is 2.65. The van der Waals surface area contributed by atoms with E-state index in [0.717, 1.165) is 11.1 Å². The number of ether oxygens (including phenoxy) is 3. The van der Waals surface area contributed by atoms with Crippen molar-refractivity contribution in [3.8, 4) is 11.5 Å². The Hall–Kier alpha value is -3.29. The minimum atomic E-state index is -0.442. The molecule has 0 spiro atoms. The molecule has 2 aromatic rings. The van der Waals surface area contributed by atoms with Crippen molar-refractivity contribution in [2.45, 2.75) is 26.4 Å². The number of hydrogen-bond donors (Lipinski definition) is 1. The van der Waals surface area contributed by atoms with Gasteiger partial charge >= 0.3 is 5.97 Å². The van der Waals surface area contributed by atoms with Gasteiger partial charge in [-0.05, 0) is 42.7 Å². The van der Waals surface area contributed by atoms with Gasteiger partial charge in [-0.1, -0.05) is 12.1 Å². The number of para-hydroxylation sites is 2. The summed E-state index contributed by atoms with van der Waals surface area (Å²) >= 11 is 0. The maximum Gasteiger partial charge on any atom is 0.306 e. The molecule has 0 amide bonds. The molecular formula is C20H24N2O6. The third-order valence-electron chi connectivity index (χ3n) is 4.20. The maximum absolute atomic E-state index is 12.0. The standard InChI is InChI=1S/C20H24N2O6/c1-14-11-18(26-2)19(27-3)12-15(14)13-28-20(23)9-6-10-21-16-7-4-5-8-17(16)22(24)25/h4-5,7-8,11-12,21H,6,9-10,13H2,1-3H3. The Morgan fingerprint density at radius 1 is 1.14 bits per heavy atom. The molecule has 0 atom stereocenters. The number of nitrogens with one attached hydrogen (secondary N) is 1. The number of aryl methyl sites for hydroxylation is 1. The zero-order chi connectivity index (χ0) is 20.5. The van der Waals surface area contributed by atoms with Gasteiger partial charge in [0.1, 0.15) is 12.3 Å². The van der Waals surface area contributed by atoms with Gasteiger partial charge in [-0.2, -0.15) is 0 Å². The first-order valence-corrected chi connectivity index (χ1v) is 8.80. The van der Waals surface area contributed by atoms with E-state index in [2.05, 4.69) is 5.32 Å². The second kappa shape index (κ2) is 10.1. The highest BCUT2D eigenvalue weighted by atomic mass is 16.6. The number of nitro groups is 1. The van der Waals surface area contributed by atoms with Crippen molar-refractivity contribution in [1.82, 2.24) is 0 Å². The van der Waals surface area contributed by atoms with Crippen LogP contribution in [0.2, 0.25) is 0 Å². The number of carbonyl (C=O) groups excluding carboxylic acids is 1. The lowest BCUT2D eigenvalue weighted by atomic mass is 10.1. The summed E-state index contributed by atoms with van der Waals surface area (Å²) in [5, 5.41) is 14.0. The summed E-state index contributed by atoms with van der Waals surface area (Å²) in [7, 11) is 3.11. The molecule has 0 heterocycles. The summed E-state index contributed by atoms with van der Waals surface area (Å²) in [6.45, 7) is 2.47. The lowest BCUT2D eigenvalue weighted by molar-refractivity contribution is -0.384. The van der Waals surface area contributed by atoms with Crippen LogP contribution in [0, 0.1) is 17.0 Å². The summed E-state index contributed by atoms with van der Waals surface area (Å²) in [5.41, 5.74) is 2.21. The average molecular weight is 388 g/mol. The zero-order valence-electron chi connectivity index (χ0n) is 16.2. The van der Waals surface area contributed by atoms with Crippen LogP contribution < -0.4 is 14.8 Å². The molecule has 8 nitrogen and oxygen atoms in total. The highest BCUT2D eigenvalue weighted by Gasteiger charge is 2.13. The molecule has 0 aromatic heterocycles. The molecule has 0 aliphatic heterocycles. The van der Waals surface area contributed by atoms with Crippen LogP contribution in [0.15, 0.2) is 36.4 Å². The van der Waals surface area contributed by atoms with E-state index < -0.39 is 4.92 Å². The molecule has 0 bridgehead atoms. The van der Waals surface area contributed by atoms with Gasteiger partial charge in [0.05, 0.1) is 19.1 Å². The van der Waals surface area contributed by atoms with Crippen LogP contribution in [0.1, 0.15) is 24.0 Å². The normalized spacial score (nSPS) is 10.2. The number of nitrogens with zero attached hydrogens (tertiary/aromatic N) is 1. The molecule has 150 valence electrons. The molecule has 0 aliphatic rings. The minimum absolute atomic E-state index is 0.00834. The lowest BCUT2D eigenvalue weighted by Gasteiger charge is -2.13. The van der Waals surface area contributed by atoms with E-state index >= 15 is 0 Å². The molecular weight excluding hydrogens is 364 g/mol. The van der Waals surface area contributed by atoms with E-state index in [4.69, 9.17) is 14.2 Å². The zero-order valence-corrected chi connectivity index (χ0v) is 16.2. The second-order valence-electron chi connectivity index (χ2n) is 6.10. The predicted octanol–water partition coefficient (Wildman–Crippen LogP) is 3.86. The van der Waals surface area contributed by atoms with E-state index in [9.17, 15) is 14.9 Å². The van der Waals surface area contributed by atoms with E-state index in [1.54, 1.807) is 38.5 Å². The number of carbonyl (C=O) groups is 1. The number of benzene rings is 2. The highest BCUT2D eigenvalue weighted by Crippen LogP contribution is 2.30. The number of methoxy groups -OCH3 is 2. The van der Waals surface area contributed by atoms with Crippen LogP contribution in [0.5, 0.6) is 11.5 Å². The predicted molar refractivity (Wildman–Crippen MR) is 105 cm³/mol. The third kappa shape index (κ3) is 5.60. The van der Waals surface area contributed by atoms with Crippen LogP contribution in [-0.2, 0) is 16.1 Å². The lowest BCUT2D eigenvalue weighted by Crippen LogP contribution is -2.10. The molecule has 0 fully saturated rings. The fourth-order valence-electron chi connectivity index (χ4n) is 2.65. The first-order valence-electron chi connectivity index (χ1n) is 8.80. The molecule has 1 N–H and O–H groups in total. The van der Waals surface area contributed by atoms with Crippen molar-refractivity contribution in [2.75, 3.05) is 26.1 Å². The molecule has 0 unspecified atom stereocenters.